The average molecular weight is 220 g/mol. The lowest BCUT2D eigenvalue weighted by molar-refractivity contribution is 0.597. The van der Waals surface area contributed by atoms with E-state index in [0.717, 1.165) is 5.56 Å². The first-order valence-electron chi connectivity index (χ1n) is 3.64. The summed E-state index contributed by atoms with van der Waals surface area (Å²) < 4.78 is 21.6. The zero-order valence-electron chi connectivity index (χ0n) is 7.12. The van der Waals surface area contributed by atoms with Crippen molar-refractivity contribution in [1.82, 2.24) is 0 Å². The van der Waals surface area contributed by atoms with Crippen LogP contribution in [0, 0.1) is 6.92 Å². The molecule has 0 heterocycles. The predicted molar refractivity (Wildman–Crippen MR) is 53.0 cm³/mol. The third-order valence-corrected chi connectivity index (χ3v) is 2.64. The van der Waals surface area contributed by atoms with Gasteiger partial charge in [-0.1, -0.05) is 29.3 Å². The molecule has 2 N–H and O–H groups in total. The summed E-state index contributed by atoms with van der Waals surface area (Å²) in [5, 5.41) is 5.33. The quantitative estimate of drug-likeness (QED) is 0.818. The summed E-state index contributed by atoms with van der Waals surface area (Å²) in [4.78, 5) is 0. The number of aryl methyl sites for hydroxylation is 1. The SMILES string of the molecule is Cc1ccc(Cl)c(CS(N)(=O)=O)c1. The van der Waals surface area contributed by atoms with Crippen LogP contribution >= 0.6 is 11.6 Å². The Labute approximate surface area is 82.6 Å². The van der Waals surface area contributed by atoms with Crippen LogP contribution in [0.4, 0.5) is 0 Å². The van der Waals surface area contributed by atoms with E-state index in [4.69, 9.17) is 16.7 Å². The number of benzene rings is 1. The predicted octanol–water partition coefficient (Wildman–Crippen LogP) is 1.44. The van der Waals surface area contributed by atoms with E-state index in [0.29, 0.717) is 10.6 Å². The monoisotopic (exact) mass is 219 g/mol. The first-order valence-corrected chi connectivity index (χ1v) is 5.73. The van der Waals surface area contributed by atoms with Crippen LogP contribution in [0.2, 0.25) is 5.02 Å². The molecule has 0 aliphatic carbocycles. The van der Waals surface area contributed by atoms with Crippen molar-refractivity contribution in [3.8, 4) is 0 Å². The lowest BCUT2D eigenvalue weighted by Gasteiger charge is -2.03. The molecule has 0 spiro atoms. The Kier molecular flexibility index (Phi) is 2.95. The van der Waals surface area contributed by atoms with Crippen molar-refractivity contribution in [2.75, 3.05) is 0 Å². The maximum atomic E-state index is 10.8. The van der Waals surface area contributed by atoms with Gasteiger partial charge in [-0.05, 0) is 18.6 Å². The van der Waals surface area contributed by atoms with Crippen molar-refractivity contribution in [1.29, 1.82) is 0 Å². The van der Waals surface area contributed by atoms with Crippen molar-refractivity contribution in [2.24, 2.45) is 5.14 Å². The number of hydrogen-bond acceptors (Lipinski definition) is 2. The van der Waals surface area contributed by atoms with Gasteiger partial charge in [-0.25, -0.2) is 13.6 Å². The van der Waals surface area contributed by atoms with Crippen LogP contribution < -0.4 is 5.14 Å². The van der Waals surface area contributed by atoms with Gasteiger partial charge in [0.1, 0.15) is 0 Å². The highest BCUT2D eigenvalue weighted by atomic mass is 35.5. The second-order valence-electron chi connectivity index (χ2n) is 2.90. The molecule has 0 saturated carbocycles. The van der Waals surface area contributed by atoms with E-state index in [2.05, 4.69) is 0 Å². The van der Waals surface area contributed by atoms with E-state index in [9.17, 15) is 8.42 Å². The minimum Gasteiger partial charge on any atom is -0.228 e. The number of rotatable bonds is 2. The molecular formula is C8H10ClNO2S. The minimum absolute atomic E-state index is 0.215. The second kappa shape index (κ2) is 3.65. The Bertz CT molecular complexity index is 414. The van der Waals surface area contributed by atoms with Crippen molar-refractivity contribution in [3.05, 3.63) is 34.3 Å². The van der Waals surface area contributed by atoms with E-state index in [-0.39, 0.29) is 5.75 Å². The van der Waals surface area contributed by atoms with E-state index >= 15 is 0 Å². The molecule has 0 aliphatic rings. The lowest BCUT2D eigenvalue weighted by atomic mass is 10.2. The van der Waals surface area contributed by atoms with E-state index < -0.39 is 10.0 Å². The number of sulfonamides is 1. The molecule has 0 amide bonds. The summed E-state index contributed by atoms with van der Waals surface area (Å²) in [7, 11) is -3.50. The zero-order chi connectivity index (χ0) is 10.1. The fourth-order valence-corrected chi connectivity index (χ4v) is 1.97. The van der Waals surface area contributed by atoms with Gasteiger partial charge in [0.25, 0.3) is 0 Å². The van der Waals surface area contributed by atoms with Crippen molar-refractivity contribution in [2.45, 2.75) is 12.7 Å². The van der Waals surface area contributed by atoms with Gasteiger partial charge in [-0.2, -0.15) is 0 Å². The van der Waals surface area contributed by atoms with Crippen LogP contribution in [0.15, 0.2) is 18.2 Å². The summed E-state index contributed by atoms with van der Waals surface area (Å²) in [5.74, 6) is -0.215. The van der Waals surface area contributed by atoms with Crippen molar-refractivity contribution in [3.63, 3.8) is 0 Å². The van der Waals surface area contributed by atoms with Gasteiger partial charge >= 0.3 is 0 Å². The molecule has 0 unspecified atom stereocenters. The maximum absolute atomic E-state index is 10.8. The van der Waals surface area contributed by atoms with Crippen LogP contribution in [0.25, 0.3) is 0 Å². The van der Waals surface area contributed by atoms with Gasteiger partial charge < -0.3 is 0 Å². The molecule has 0 bridgehead atoms. The molecule has 1 aromatic carbocycles. The molecule has 0 aromatic heterocycles. The Hall–Kier alpha value is -0.580. The molecule has 0 aliphatic heterocycles. The molecule has 13 heavy (non-hydrogen) atoms. The van der Waals surface area contributed by atoms with Crippen molar-refractivity contribution < 1.29 is 8.42 Å². The number of nitrogens with two attached hydrogens (primary N) is 1. The van der Waals surface area contributed by atoms with Gasteiger partial charge in [0, 0.05) is 5.02 Å². The van der Waals surface area contributed by atoms with E-state index in [1.165, 1.54) is 0 Å². The molecule has 0 fully saturated rings. The Balaban J connectivity index is 3.08. The first-order chi connectivity index (χ1) is 5.88. The molecule has 0 atom stereocenters. The minimum atomic E-state index is -3.50. The summed E-state index contributed by atoms with van der Waals surface area (Å²) in [6.07, 6.45) is 0. The summed E-state index contributed by atoms with van der Waals surface area (Å²) >= 11 is 5.78. The average Bonchev–Trinajstić information content (AvgIpc) is 1.94. The van der Waals surface area contributed by atoms with Gasteiger partial charge in [-0.15, -0.1) is 0 Å². The van der Waals surface area contributed by atoms with Crippen LogP contribution in [-0.2, 0) is 15.8 Å². The third-order valence-electron chi connectivity index (χ3n) is 1.56. The fourth-order valence-electron chi connectivity index (χ4n) is 1.03. The molecular weight excluding hydrogens is 210 g/mol. The van der Waals surface area contributed by atoms with E-state index in [1.54, 1.807) is 12.1 Å². The topological polar surface area (TPSA) is 60.2 Å². The third kappa shape index (κ3) is 3.34. The Morgan fingerprint density at radius 3 is 2.62 bits per heavy atom. The molecule has 3 nitrogen and oxygen atoms in total. The van der Waals surface area contributed by atoms with Crippen LogP contribution in [-0.4, -0.2) is 8.42 Å². The van der Waals surface area contributed by atoms with Gasteiger partial charge in [0.2, 0.25) is 10.0 Å². The van der Waals surface area contributed by atoms with Gasteiger partial charge in [0.15, 0.2) is 0 Å². The largest absolute Gasteiger partial charge is 0.228 e. The summed E-state index contributed by atoms with van der Waals surface area (Å²) in [5.41, 5.74) is 1.51. The molecule has 72 valence electrons. The second-order valence-corrected chi connectivity index (χ2v) is 4.92. The molecule has 1 aromatic rings. The van der Waals surface area contributed by atoms with Gasteiger partial charge in [-0.3, -0.25) is 0 Å². The van der Waals surface area contributed by atoms with Crippen LogP contribution in [0.3, 0.4) is 0 Å². The standard InChI is InChI=1S/C8H10ClNO2S/c1-6-2-3-8(9)7(4-6)5-13(10,11)12/h2-4H,5H2,1H3,(H2,10,11,12). The summed E-state index contributed by atoms with van der Waals surface area (Å²) in [6, 6.07) is 5.19. The smallest absolute Gasteiger partial charge is 0.213 e. The molecule has 1 rings (SSSR count). The highest BCUT2D eigenvalue weighted by Gasteiger charge is 2.08. The normalized spacial score (nSPS) is 11.6. The molecule has 0 saturated heterocycles. The molecule has 0 radical (unpaired) electrons. The highest BCUT2D eigenvalue weighted by Crippen LogP contribution is 2.18. The molecule has 5 heteroatoms. The zero-order valence-corrected chi connectivity index (χ0v) is 8.69. The fraction of sp³-hybridized carbons (Fsp3) is 0.250. The number of hydrogen-bond donors (Lipinski definition) is 1. The van der Waals surface area contributed by atoms with Gasteiger partial charge in [0.05, 0.1) is 5.75 Å². The van der Waals surface area contributed by atoms with Crippen LogP contribution in [0.5, 0.6) is 0 Å². The maximum Gasteiger partial charge on any atom is 0.213 e. The van der Waals surface area contributed by atoms with Crippen LogP contribution in [0.1, 0.15) is 11.1 Å². The Morgan fingerprint density at radius 1 is 1.46 bits per heavy atom. The number of primary sulfonamides is 1. The Morgan fingerprint density at radius 2 is 2.08 bits per heavy atom. The number of halogens is 1. The lowest BCUT2D eigenvalue weighted by Crippen LogP contribution is -2.14. The summed E-state index contributed by atoms with van der Waals surface area (Å²) in [6.45, 7) is 1.86. The first kappa shape index (κ1) is 10.5. The van der Waals surface area contributed by atoms with E-state index in [1.807, 2.05) is 13.0 Å². The highest BCUT2D eigenvalue weighted by molar-refractivity contribution is 7.88. The van der Waals surface area contributed by atoms with Crippen molar-refractivity contribution >= 4 is 21.6 Å².